The standard InChI is InChI=1S/C7H5FN2OS/c8-3-1-6-5(2-4(3)9)10-7(11)12-6/h1-2H,9H2,(H,10,11). The summed E-state index contributed by atoms with van der Waals surface area (Å²) < 4.78 is 13.4. The smallest absolute Gasteiger partial charge is 0.305 e. The average Bonchev–Trinajstić information content (AvgIpc) is 2.30. The normalized spacial score (nSPS) is 10.8. The van der Waals surface area contributed by atoms with Crippen LogP contribution in [0.5, 0.6) is 0 Å². The third-order valence-corrected chi connectivity index (χ3v) is 2.38. The van der Waals surface area contributed by atoms with Crippen molar-refractivity contribution in [2.75, 3.05) is 5.73 Å². The lowest BCUT2D eigenvalue weighted by atomic mass is 10.3. The second-order valence-electron chi connectivity index (χ2n) is 2.38. The zero-order chi connectivity index (χ0) is 8.72. The van der Waals surface area contributed by atoms with E-state index in [-0.39, 0.29) is 10.6 Å². The van der Waals surface area contributed by atoms with Gasteiger partial charge in [0.1, 0.15) is 5.82 Å². The van der Waals surface area contributed by atoms with Crippen molar-refractivity contribution >= 4 is 27.2 Å². The van der Waals surface area contributed by atoms with Gasteiger partial charge in [-0.05, 0) is 12.1 Å². The van der Waals surface area contributed by atoms with Crippen molar-refractivity contribution < 1.29 is 4.39 Å². The minimum atomic E-state index is -0.488. The predicted octanol–water partition coefficient (Wildman–Crippen LogP) is 1.31. The van der Waals surface area contributed by atoms with E-state index in [1.807, 2.05) is 0 Å². The van der Waals surface area contributed by atoms with E-state index < -0.39 is 5.82 Å². The molecular formula is C7H5FN2OS. The van der Waals surface area contributed by atoms with Gasteiger partial charge in [0, 0.05) is 0 Å². The second kappa shape index (κ2) is 2.31. The van der Waals surface area contributed by atoms with Crippen molar-refractivity contribution in [3.8, 4) is 0 Å². The molecule has 0 aliphatic rings. The highest BCUT2D eigenvalue weighted by Gasteiger charge is 2.03. The molecule has 0 aliphatic carbocycles. The molecule has 0 spiro atoms. The van der Waals surface area contributed by atoms with E-state index in [2.05, 4.69) is 4.98 Å². The molecule has 12 heavy (non-hydrogen) atoms. The fourth-order valence-electron chi connectivity index (χ4n) is 0.989. The number of hydrogen-bond donors (Lipinski definition) is 2. The molecule has 0 aliphatic heterocycles. The summed E-state index contributed by atoms with van der Waals surface area (Å²) in [6.07, 6.45) is 0. The highest BCUT2D eigenvalue weighted by molar-refractivity contribution is 7.16. The number of nitrogens with two attached hydrogens (primary N) is 1. The minimum absolute atomic E-state index is 0.0524. The Morgan fingerprint density at radius 2 is 2.25 bits per heavy atom. The maximum atomic E-state index is 12.8. The number of rotatable bonds is 0. The van der Waals surface area contributed by atoms with E-state index in [1.165, 1.54) is 12.1 Å². The van der Waals surface area contributed by atoms with E-state index in [4.69, 9.17) is 5.73 Å². The molecule has 2 aromatic rings. The van der Waals surface area contributed by atoms with E-state index >= 15 is 0 Å². The predicted molar refractivity (Wildman–Crippen MR) is 46.8 cm³/mol. The van der Waals surface area contributed by atoms with Crippen LogP contribution in [-0.4, -0.2) is 4.98 Å². The molecule has 62 valence electrons. The topological polar surface area (TPSA) is 58.9 Å². The maximum Gasteiger partial charge on any atom is 0.305 e. The zero-order valence-electron chi connectivity index (χ0n) is 5.93. The van der Waals surface area contributed by atoms with Gasteiger partial charge in [0.15, 0.2) is 0 Å². The number of aromatic nitrogens is 1. The maximum absolute atomic E-state index is 12.8. The number of aromatic amines is 1. The first-order valence-corrected chi connectivity index (χ1v) is 4.06. The van der Waals surface area contributed by atoms with Crippen molar-refractivity contribution in [2.45, 2.75) is 0 Å². The van der Waals surface area contributed by atoms with Crippen molar-refractivity contribution in [3.05, 3.63) is 27.6 Å². The molecule has 0 saturated carbocycles. The number of H-pyrrole nitrogens is 1. The van der Waals surface area contributed by atoms with Crippen molar-refractivity contribution in [2.24, 2.45) is 0 Å². The Hall–Kier alpha value is -1.36. The van der Waals surface area contributed by atoms with Crippen molar-refractivity contribution in [3.63, 3.8) is 0 Å². The van der Waals surface area contributed by atoms with Gasteiger partial charge in [0.25, 0.3) is 0 Å². The lowest BCUT2D eigenvalue weighted by Crippen LogP contribution is -1.91. The number of nitrogen functional groups attached to an aromatic ring is 1. The molecule has 1 aromatic heterocycles. The fraction of sp³-hybridized carbons (Fsp3) is 0. The minimum Gasteiger partial charge on any atom is -0.396 e. The molecule has 0 radical (unpaired) electrons. The number of hydrogen-bond acceptors (Lipinski definition) is 3. The van der Waals surface area contributed by atoms with Gasteiger partial charge in [-0.1, -0.05) is 11.3 Å². The van der Waals surface area contributed by atoms with Gasteiger partial charge in [0.2, 0.25) is 0 Å². The number of thiazole rings is 1. The van der Waals surface area contributed by atoms with Crippen LogP contribution in [-0.2, 0) is 0 Å². The fourth-order valence-corrected chi connectivity index (χ4v) is 1.73. The van der Waals surface area contributed by atoms with Gasteiger partial charge in [-0.3, -0.25) is 4.79 Å². The molecular weight excluding hydrogens is 179 g/mol. The highest BCUT2D eigenvalue weighted by Crippen LogP contribution is 2.20. The van der Waals surface area contributed by atoms with Gasteiger partial charge in [-0.15, -0.1) is 0 Å². The first-order valence-electron chi connectivity index (χ1n) is 3.24. The van der Waals surface area contributed by atoms with Crippen LogP contribution in [0.3, 0.4) is 0 Å². The van der Waals surface area contributed by atoms with Gasteiger partial charge in [0.05, 0.1) is 15.9 Å². The van der Waals surface area contributed by atoms with Crippen LogP contribution in [0.2, 0.25) is 0 Å². The number of nitrogens with one attached hydrogen (secondary N) is 1. The van der Waals surface area contributed by atoms with E-state index in [0.717, 1.165) is 11.3 Å². The lowest BCUT2D eigenvalue weighted by Gasteiger charge is -1.94. The Balaban J connectivity index is 2.92. The second-order valence-corrected chi connectivity index (χ2v) is 3.40. The van der Waals surface area contributed by atoms with E-state index in [1.54, 1.807) is 0 Å². The van der Waals surface area contributed by atoms with Crippen molar-refractivity contribution in [1.82, 2.24) is 4.98 Å². The third kappa shape index (κ3) is 0.984. The summed E-state index contributed by atoms with van der Waals surface area (Å²) in [5.41, 5.74) is 5.94. The quantitative estimate of drug-likeness (QED) is 0.606. The largest absolute Gasteiger partial charge is 0.396 e. The Kier molecular flexibility index (Phi) is 1.41. The van der Waals surface area contributed by atoms with Crippen LogP contribution >= 0.6 is 11.3 Å². The molecule has 0 unspecified atom stereocenters. The third-order valence-electron chi connectivity index (χ3n) is 1.54. The number of anilines is 1. The van der Waals surface area contributed by atoms with Gasteiger partial charge < -0.3 is 10.7 Å². The van der Waals surface area contributed by atoms with E-state index in [9.17, 15) is 9.18 Å². The lowest BCUT2D eigenvalue weighted by molar-refractivity contribution is 0.634. The van der Waals surface area contributed by atoms with E-state index in [0.29, 0.717) is 10.2 Å². The summed E-state index contributed by atoms with van der Waals surface area (Å²) in [5.74, 6) is -0.488. The number of halogens is 1. The first-order chi connectivity index (χ1) is 5.66. The average molecular weight is 184 g/mol. The summed E-state index contributed by atoms with van der Waals surface area (Å²) in [6, 6.07) is 2.68. The Morgan fingerprint density at radius 3 is 3.00 bits per heavy atom. The van der Waals surface area contributed by atoms with Gasteiger partial charge >= 0.3 is 4.87 Å². The SMILES string of the molecule is Nc1cc2[nH]c(=O)sc2cc1F. The summed E-state index contributed by atoms with van der Waals surface area (Å²) in [6.45, 7) is 0. The molecule has 3 nitrogen and oxygen atoms in total. The molecule has 0 fully saturated rings. The molecule has 3 N–H and O–H groups in total. The van der Waals surface area contributed by atoms with Crippen LogP contribution in [0.25, 0.3) is 10.2 Å². The number of benzene rings is 1. The summed E-state index contributed by atoms with van der Waals surface area (Å²) >= 11 is 0.968. The molecule has 0 saturated heterocycles. The Labute approximate surface area is 70.6 Å². The Bertz CT molecular complexity index is 446. The molecule has 0 amide bonds. The molecule has 1 heterocycles. The zero-order valence-corrected chi connectivity index (χ0v) is 6.74. The van der Waals surface area contributed by atoms with Gasteiger partial charge in [-0.2, -0.15) is 0 Å². The monoisotopic (exact) mass is 184 g/mol. The first kappa shape index (κ1) is 7.30. The van der Waals surface area contributed by atoms with Gasteiger partial charge in [-0.25, -0.2) is 4.39 Å². The molecule has 5 heteroatoms. The molecule has 2 rings (SSSR count). The molecule has 1 aromatic carbocycles. The molecule has 0 bridgehead atoms. The van der Waals surface area contributed by atoms with Crippen LogP contribution in [0.15, 0.2) is 16.9 Å². The van der Waals surface area contributed by atoms with Crippen molar-refractivity contribution in [1.29, 1.82) is 0 Å². The Morgan fingerprint density at radius 1 is 1.50 bits per heavy atom. The summed E-state index contributed by atoms with van der Waals surface area (Å²) in [7, 11) is 0. The van der Waals surface area contributed by atoms with Crippen LogP contribution in [0, 0.1) is 5.82 Å². The molecule has 0 atom stereocenters. The summed E-state index contributed by atoms with van der Waals surface area (Å²) in [5, 5.41) is 0. The summed E-state index contributed by atoms with van der Waals surface area (Å²) in [4.78, 5) is 13.2. The highest BCUT2D eigenvalue weighted by atomic mass is 32.1. The number of fused-ring (bicyclic) bond motifs is 1. The van der Waals surface area contributed by atoms with Crippen LogP contribution < -0.4 is 10.6 Å². The van der Waals surface area contributed by atoms with Crippen LogP contribution in [0.4, 0.5) is 10.1 Å². The van der Waals surface area contributed by atoms with Crippen LogP contribution in [0.1, 0.15) is 0 Å².